The average molecular weight is 285 g/mol. The van der Waals surface area contributed by atoms with Crippen LogP contribution in [-0.2, 0) is 31.0 Å². The molecule has 1 aromatic heterocycles. The van der Waals surface area contributed by atoms with Gasteiger partial charge in [0.2, 0.25) is 0 Å². The number of methoxy groups -OCH3 is 2. The Kier molecular flexibility index (Phi) is 4.90. The maximum absolute atomic E-state index is 11.1. The smallest absolute Gasteiger partial charge is 0.305 e. The summed E-state index contributed by atoms with van der Waals surface area (Å²) in [6.07, 6.45) is 2.63. The Hall–Kier alpha value is -0.980. The molecule has 19 heavy (non-hydrogen) atoms. The minimum Gasteiger partial charge on any atom is -0.469 e. The highest BCUT2D eigenvalue weighted by molar-refractivity contribution is 7.09. The lowest BCUT2D eigenvalue weighted by Gasteiger charge is -2.33. The van der Waals surface area contributed by atoms with E-state index in [0.29, 0.717) is 26.1 Å². The number of ether oxygens (including phenoxy) is 3. The first-order chi connectivity index (χ1) is 9.20. The number of carbonyl (C=O) groups excluding carboxylic acids is 1. The fourth-order valence-electron chi connectivity index (χ4n) is 2.17. The average Bonchev–Trinajstić information content (AvgIpc) is 2.95. The van der Waals surface area contributed by atoms with Crippen LogP contribution in [0.2, 0.25) is 0 Å². The molecule has 6 heteroatoms. The van der Waals surface area contributed by atoms with E-state index in [4.69, 9.17) is 9.47 Å². The third-order valence-electron chi connectivity index (χ3n) is 3.45. The van der Waals surface area contributed by atoms with Gasteiger partial charge in [-0.25, -0.2) is 4.98 Å². The Bertz CT molecular complexity index is 426. The second-order valence-corrected chi connectivity index (χ2v) is 5.39. The molecule has 0 amide bonds. The molecular formula is C13H19NO4S. The highest BCUT2D eigenvalue weighted by Crippen LogP contribution is 2.37. The number of hydrogen-bond donors (Lipinski definition) is 0. The van der Waals surface area contributed by atoms with E-state index < -0.39 is 0 Å². The van der Waals surface area contributed by atoms with Gasteiger partial charge in [-0.3, -0.25) is 4.79 Å². The summed E-state index contributed by atoms with van der Waals surface area (Å²) in [5.41, 5.74) is 0.611. The van der Waals surface area contributed by atoms with Gasteiger partial charge in [0.05, 0.1) is 19.2 Å². The zero-order valence-electron chi connectivity index (χ0n) is 11.3. The van der Waals surface area contributed by atoms with Crippen LogP contribution in [0.3, 0.4) is 0 Å². The molecule has 1 aliphatic rings. The standard InChI is InChI=1S/C13H19NO4S/c1-16-11(15)4-3-10-9-19-12(14-10)13(17-2)5-7-18-8-6-13/h9H,3-8H2,1-2H3. The Morgan fingerprint density at radius 3 is 2.84 bits per heavy atom. The lowest BCUT2D eigenvalue weighted by molar-refractivity contribution is -0.140. The van der Waals surface area contributed by atoms with Gasteiger partial charge in [0, 0.05) is 45.0 Å². The number of thiazole rings is 1. The van der Waals surface area contributed by atoms with Gasteiger partial charge in [-0.05, 0) is 0 Å². The number of rotatable bonds is 5. The van der Waals surface area contributed by atoms with Gasteiger partial charge >= 0.3 is 5.97 Å². The fraction of sp³-hybridized carbons (Fsp3) is 0.692. The molecule has 0 bridgehead atoms. The van der Waals surface area contributed by atoms with Gasteiger partial charge in [-0.1, -0.05) is 0 Å². The first kappa shape index (κ1) is 14.4. The second kappa shape index (κ2) is 6.45. The molecule has 1 aliphatic heterocycles. The number of hydrogen-bond acceptors (Lipinski definition) is 6. The van der Waals surface area contributed by atoms with E-state index in [1.54, 1.807) is 18.4 Å². The molecule has 106 valence electrons. The molecule has 0 radical (unpaired) electrons. The second-order valence-electron chi connectivity index (χ2n) is 4.53. The van der Waals surface area contributed by atoms with Crippen LogP contribution in [0, 0.1) is 0 Å². The van der Waals surface area contributed by atoms with Crippen molar-refractivity contribution in [1.29, 1.82) is 0 Å². The Labute approximate surface area is 116 Å². The van der Waals surface area contributed by atoms with Crippen molar-refractivity contribution in [3.05, 3.63) is 16.1 Å². The number of nitrogens with zero attached hydrogens (tertiary/aromatic N) is 1. The topological polar surface area (TPSA) is 57.7 Å². The molecule has 5 nitrogen and oxygen atoms in total. The number of esters is 1. The first-order valence-electron chi connectivity index (χ1n) is 6.35. The Morgan fingerprint density at radius 1 is 1.47 bits per heavy atom. The summed E-state index contributed by atoms with van der Waals surface area (Å²) in [4.78, 5) is 15.7. The quantitative estimate of drug-likeness (QED) is 0.773. The van der Waals surface area contributed by atoms with Crippen molar-refractivity contribution in [3.8, 4) is 0 Å². The van der Waals surface area contributed by atoms with Gasteiger partial charge in [-0.2, -0.15) is 0 Å². The van der Waals surface area contributed by atoms with Crippen molar-refractivity contribution in [1.82, 2.24) is 4.98 Å². The Morgan fingerprint density at radius 2 is 2.21 bits per heavy atom. The van der Waals surface area contributed by atoms with E-state index in [2.05, 4.69) is 9.72 Å². The number of aryl methyl sites for hydroxylation is 1. The van der Waals surface area contributed by atoms with Crippen LogP contribution in [-0.4, -0.2) is 38.4 Å². The van der Waals surface area contributed by atoms with Crippen molar-refractivity contribution < 1.29 is 19.0 Å². The summed E-state index contributed by atoms with van der Waals surface area (Å²) < 4.78 is 15.7. The summed E-state index contributed by atoms with van der Waals surface area (Å²) >= 11 is 1.59. The summed E-state index contributed by atoms with van der Waals surface area (Å²) in [7, 11) is 3.12. The van der Waals surface area contributed by atoms with Gasteiger partial charge in [0.1, 0.15) is 10.6 Å². The van der Waals surface area contributed by atoms with E-state index in [1.807, 2.05) is 5.38 Å². The minimum atomic E-state index is -0.313. The molecule has 0 N–H and O–H groups in total. The molecule has 0 saturated carbocycles. The van der Waals surface area contributed by atoms with E-state index in [1.165, 1.54) is 7.11 Å². The van der Waals surface area contributed by atoms with E-state index in [-0.39, 0.29) is 11.6 Å². The largest absolute Gasteiger partial charge is 0.469 e. The Balaban J connectivity index is 2.04. The maximum Gasteiger partial charge on any atom is 0.305 e. The summed E-state index contributed by atoms with van der Waals surface area (Å²) in [5, 5.41) is 2.98. The van der Waals surface area contributed by atoms with Gasteiger partial charge in [-0.15, -0.1) is 11.3 Å². The van der Waals surface area contributed by atoms with Crippen molar-refractivity contribution in [2.24, 2.45) is 0 Å². The highest BCUT2D eigenvalue weighted by Gasteiger charge is 2.37. The summed E-state index contributed by atoms with van der Waals surface area (Å²) in [6.45, 7) is 1.40. The molecule has 2 rings (SSSR count). The van der Waals surface area contributed by atoms with Crippen LogP contribution in [0.25, 0.3) is 0 Å². The third-order valence-corrected chi connectivity index (χ3v) is 4.52. The van der Waals surface area contributed by atoms with Crippen LogP contribution >= 0.6 is 11.3 Å². The van der Waals surface area contributed by atoms with E-state index in [9.17, 15) is 4.79 Å². The number of carbonyl (C=O) groups is 1. The van der Waals surface area contributed by atoms with E-state index >= 15 is 0 Å². The first-order valence-corrected chi connectivity index (χ1v) is 7.23. The zero-order chi connectivity index (χ0) is 13.7. The zero-order valence-corrected chi connectivity index (χ0v) is 12.1. The van der Waals surface area contributed by atoms with Gasteiger partial charge in [0.15, 0.2) is 0 Å². The molecule has 1 saturated heterocycles. The normalized spacial score (nSPS) is 18.2. The fourth-order valence-corrected chi connectivity index (χ4v) is 3.26. The molecule has 0 unspecified atom stereocenters. The third kappa shape index (κ3) is 3.32. The minimum absolute atomic E-state index is 0.206. The molecule has 1 fully saturated rings. The van der Waals surface area contributed by atoms with Crippen LogP contribution < -0.4 is 0 Å². The van der Waals surface area contributed by atoms with Gasteiger partial charge in [0.25, 0.3) is 0 Å². The molecule has 0 spiro atoms. The highest BCUT2D eigenvalue weighted by atomic mass is 32.1. The van der Waals surface area contributed by atoms with Crippen molar-refractivity contribution in [3.63, 3.8) is 0 Å². The van der Waals surface area contributed by atoms with Crippen LogP contribution in [0.5, 0.6) is 0 Å². The molecule has 0 atom stereocenters. The molecule has 0 aromatic carbocycles. The predicted octanol–water partition coefficient (Wildman–Crippen LogP) is 1.90. The monoisotopic (exact) mass is 285 g/mol. The van der Waals surface area contributed by atoms with E-state index in [0.717, 1.165) is 23.5 Å². The SMILES string of the molecule is COC(=O)CCc1csc(C2(OC)CCOCC2)n1. The van der Waals surface area contributed by atoms with Crippen molar-refractivity contribution >= 4 is 17.3 Å². The van der Waals surface area contributed by atoms with Gasteiger partial charge < -0.3 is 14.2 Å². The molecule has 0 aliphatic carbocycles. The lowest BCUT2D eigenvalue weighted by Crippen LogP contribution is -2.35. The lowest BCUT2D eigenvalue weighted by atomic mass is 9.95. The van der Waals surface area contributed by atoms with Crippen molar-refractivity contribution in [2.45, 2.75) is 31.3 Å². The molecule has 2 heterocycles. The molecule has 1 aromatic rings. The van der Waals surface area contributed by atoms with Crippen LogP contribution in [0.4, 0.5) is 0 Å². The van der Waals surface area contributed by atoms with Crippen molar-refractivity contribution in [2.75, 3.05) is 27.4 Å². The molecular weight excluding hydrogens is 266 g/mol. The van der Waals surface area contributed by atoms with Crippen LogP contribution in [0.1, 0.15) is 30.0 Å². The van der Waals surface area contributed by atoms with Crippen LogP contribution in [0.15, 0.2) is 5.38 Å². The predicted molar refractivity (Wildman–Crippen MR) is 71.2 cm³/mol. The maximum atomic E-state index is 11.1. The summed E-state index contributed by atoms with van der Waals surface area (Å²) in [6, 6.07) is 0. The summed E-state index contributed by atoms with van der Waals surface area (Å²) in [5.74, 6) is -0.206. The number of aromatic nitrogens is 1.